The van der Waals surface area contributed by atoms with E-state index in [2.05, 4.69) is 10.3 Å². The summed E-state index contributed by atoms with van der Waals surface area (Å²) >= 11 is 0. The number of aryl methyl sites for hydroxylation is 2. The number of oxazole rings is 1. The van der Waals surface area contributed by atoms with E-state index >= 15 is 0 Å². The minimum absolute atomic E-state index is 0.245. The van der Waals surface area contributed by atoms with Crippen LogP contribution in [0.2, 0.25) is 0 Å². The van der Waals surface area contributed by atoms with Gasteiger partial charge in [0.2, 0.25) is 0 Å². The second-order valence-electron chi connectivity index (χ2n) is 4.12. The first-order chi connectivity index (χ1) is 9.10. The van der Waals surface area contributed by atoms with E-state index in [4.69, 9.17) is 9.68 Å². The van der Waals surface area contributed by atoms with Crippen molar-refractivity contribution in [2.24, 2.45) is 0 Å². The quantitative estimate of drug-likeness (QED) is 0.910. The molecule has 0 aliphatic carbocycles. The lowest BCUT2D eigenvalue weighted by atomic mass is 10.1. The summed E-state index contributed by atoms with van der Waals surface area (Å²) in [4.78, 5) is 16.0. The van der Waals surface area contributed by atoms with Crippen molar-refractivity contribution in [3.8, 4) is 6.07 Å². The summed E-state index contributed by atoms with van der Waals surface area (Å²) in [7, 11) is 0. The Bertz CT molecular complexity index is 653. The first-order valence-corrected chi connectivity index (χ1v) is 5.81. The van der Waals surface area contributed by atoms with Crippen molar-refractivity contribution in [3.63, 3.8) is 0 Å². The van der Waals surface area contributed by atoms with Crippen LogP contribution in [0.3, 0.4) is 0 Å². The van der Waals surface area contributed by atoms with E-state index in [1.54, 1.807) is 31.2 Å². The molecule has 0 unspecified atom stereocenters. The summed E-state index contributed by atoms with van der Waals surface area (Å²) in [5.41, 5.74) is 1.68. The zero-order valence-corrected chi connectivity index (χ0v) is 10.7. The first-order valence-electron chi connectivity index (χ1n) is 5.81. The number of amides is 1. The maximum absolute atomic E-state index is 11.9. The highest BCUT2D eigenvalue weighted by Crippen LogP contribution is 2.09. The van der Waals surface area contributed by atoms with Gasteiger partial charge in [-0.05, 0) is 25.1 Å². The molecule has 1 heterocycles. The number of nitriles is 1. The van der Waals surface area contributed by atoms with Gasteiger partial charge in [-0.25, -0.2) is 4.98 Å². The van der Waals surface area contributed by atoms with E-state index in [1.807, 2.05) is 13.0 Å². The summed E-state index contributed by atoms with van der Waals surface area (Å²) in [6.45, 7) is 3.87. The van der Waals surface area contributed by atoms with E-state index in [-0.39, 0.29) is 12.5 Å². The number of aromatic nitrogens is 1. The molecule has 5 heteroatoms. The molecule has 1 aromatic heterocycles. The number of hydrogen-bond acceptors (Lipinski definition) is 4. The number of hydrogen-bond donors (Lipinski definition) is 1. The number of carbonyl (C=O) groups excluding carboxylic acids is 1. The van der Waals surface area contributed by atoms with Gasteiger partial charge in [0.05, 0.1) is 23.9 Å². The van der Waals surface area contributed by atoms with Gasteiger partial charge in [0.15, 0.2) is 5.89 Å². The van der Waals surface area contributed by atoms with Crippen molar-refractivity contribution >= 4 is 5.91 Å². The van der Waals surface area contributed by atoms with Crippen LogP contribution in [0.1, 0.15) is 33.3 Å². The average molecular weight is 255 g/mol. The van der Waals surface area contributed by atoms with Gasteiger partial charge in [-0.3, -0.25) is 4.79 Å². The van der Waals surface area contributed by atoms with Crippen molar-refractivity contribution in [2.75, 3.05) is 0 Å². The summed E-state index contributed by atoms with van der Waals surface area (Å²) in [6, 6.07) is 8.54. The highest BCUT2D eigenvalue weighted by atomic mass is 16.4. The lowest BCUT2D eigenvalue weighted by Crippen LogP contribution is -2.22. The Morgan fingerprint density at radius 2 is 2.26 bits per heavy atom. The molecule has 5 nitrogen and oxygen atoms in total. The van der Waals surface area contributed by atoms with Crippen LogP contribution in [0.4, 0.5) is 0 Å². The monoisotopic (exact) mass is 255 g/mol. The molecule has 2 aromatic rings. The second kappa shape index (κ2) is 5.36. The molecule has 0 spiro atoms. The average Bonchev–Trinajstić information content (AvgIpc) is 2.74. The summed E-state index contributed by atoms with van der Waals surface area (Å²) in [5, 5.41) is 11.5. The molecule has 2 rings (SSSR count). The van der Waals surface area contributed by atoms with Gasteiger partial charge < -0.3 is 9.73 Å². The molecule has 0 aliphatic rings. The van der Waals surface area contributed by atoms with Crippen molar-refractivity contribution in [2.45, 2.75) is 20.4 Å². The topological polar surface area (TPSA) is 78.9 Å². The van der Waals surface area contributed by atoms with E-state index in [1.165, 1.54) is 0 Å². The van der Waals surface area contributed by atoms with Crippen LogP contribution in [0.5, 0.6) is 0 Å². The van der Waals surface area contributed by atoms with Crippen LogP contribution in [0.15, 0.2) is 28.7 Å². The highest BCUT2D eigenvalue weighted by molar-refractivity contribution is 5.94. The predicted molar refractivity (Wildman–Crippen MR) is 68.3 cm³/mol. The van der Waals surface area contributed by atoms with Gasteiger partial charge >= 0.3 is 0 Å². The fourth-order valence-electron chi connectivity index (χ4n) is 1.73. The third-order valence-electron chi connectivity index (χ3n) is 2.66. The Labute approximate surface area is 110 Å². The molecule has 0 bridgehead atoms. The SMILES string of the molecule is Cc1nc(C)c(CNC(=O)c2cccc(C#N)c2)o1. The third kappa shape index (κ3) is 2.99. The molecular weight excluding hydrogens is 242 g/mol. The molecule has 1 aromatic carbocycles. The number of benzene rings is 1. The Morgan fingerprint density at radius 1 is 1.47 bits per heavy atom. The molecule has 0 aliphatic heterocycles. The number of carbonyl (C=O) groups is 1. The lowest BCUT2D eigenvalue weighted by molar-refractivity contribution is 0.0948. The zero-order chi connectivity index (χ0) is 13.8. The molecule has 19 heavy (non-hydrogen) atoms. The molecule has 0 saturated heterocycles. The first kappa shape index (κ1) is 12.8. The standard InChI is InChI=1S/C14H13N3O2/c1-9-13(19-10(2)17-9)8-16-14(18)12-5-3-4-11(6-12)7-15/h3-6H,8H2,1-2H3,(H,16,18). The van der Waals surface area contributed by atoms with E-state index in [0.717, 1.165) is 5.69 Å². The van der Waals surface area contributed by atoms with Crippen LogP contribution in [0.25, 0.3) is 0 Å². The molecule has 0 radical (unpaired) electrons. The fraction of sp³-hybridized carbons (Fsp3) is 0.214. The van der Waals surface area contributed by atoms with Gasteiger partial charge in [-0.15, -0.1) is 0 Å². The van der Waals surface area contributed by atoms with E-state index < -0.39 is 0 Å². The largest absolute Gasteiger partial charge is 0.444 e. The van der Waals surface area contributed by atoms with Crippen LogP contribution in [0, 0.1) is 25.2 Å². The van der Waals surface area contributed by atoms with Crippen LogP contribution in [-0.2, 0) is 6.54 Å². The van der Waals surface area contributed by atoms with Crippen molar-refractivity contribution in [1.29, 1.82) is 5.26 Å². The van der Waals surface area contributed by atoms with Gasteiger partial charge in [0.25, 0.3) is 5.91 Å². The summed E-state index contributed by atoms with van der Waals surface area (Å²) < 4.78 is 5.37. The van der Waals surface area contributed by atoms with Crippen LogP contribution in [-0.4, -0.2) is 10.9 Å². The minimum atomic E-state index is -0.245. The van der Waals surface area contributed by atoms with Gasteiger partial charge in [0, 0.05) is 12.5 Å². The summed E-state index contributed by atoms with van der Waals surface area (Å²) in [5.74, 6) is 0.973. The molecule has 96 valence electrons. The van der Waals surface area contributed by atoms with E-state index in [0.29, 0.717) is 22.8 Å². The molecule has 0 fully saturated rings. The minimum Gasteiger partial charge on any atom is -0.444 e. The summed E-state index contributed by atoms with van der Waals surface area (Å²) in [6.07, 6.45) is 0. The van der Waals surface area contributed by atoms with Gasteiger partial charge in [-0.2, -0.15) is 5.26 Å². The fourth-order valence-corrected chi connectivity index (χ4v) is 1.73. The number of rotatable bonds is 3. The third-order valence-corrected chi connectivity index (χ3v) is 2.66. The van der Waals surface area contributed by atoms with E-state index in [9.17, 15) is 4.79 Å². The molecular formula is C14H13N3O2. The Morgan fingerprint density at radius 3 is 2.89 bits per heavy atom. The predicted octanol–water partition coefficient (Wildman–Crippen LogP) is 2.09. The maximum Gasteiger partial charge on any atom is 0.251 e. The van der Waals surface area contributed by atoms with Gasteiger partial charge in [0.1, 0.15) is 5.76 Å². The van der Waals surface area contributed by atoms with Crippen molar-refractivity contribution in [3.05, 3.63) is 52.7 Å². The Balaban J connectivity index is 2.05. The Kier molecular flexibility index (Phi) is 3.62. The smallest absolute Gasteiger partial charge is 0.251 e. The molecule has 0 saturated carbocycles. The second-order valence-corrected chi connectivity index (χ2v) is 4.12. The van der Waals surface area contributed by atoms with Crippen LogP contribution < -0.4 is 5.32 Å². The van der Waals surface area contributed by atoms with Crippen LogP contribution >= 0.6 is 0 Å². The molecule has 0 atom stereocenters. The van der Waals surface area contributed by atoms with Crippen molar-refractivity contribution in [1.82, 2.24) is 10.3 Å². The number of nitrogens with one attached hydrogen (secondary N) is 1. The maximum atomic E-state index is 11.9. The zero-order valence-electron chi connectivity index (χ0n) is 10.7. The Hall–Kier alpha value is -2.61. The van der Waals surface area contributed by atoms with Gasteiger partial charge in [-0.1, -0.05) is 6.07 Å². The molecule has 1 amide bonds. The highest BCUT2D eigenvalue weighted by Gasteiger charge is 2.10. The molecule has 1 N–H and O–H groups in total. The normalized spacial score (nSPS) is 9.95. The lowest BCUT2D eigenvalue weighted by Gasteiger charge is -2.03. The van der Waals surface area contributed by atoms with Crippen molar-refractivity contribution < 1.29 is 9.21 Å². The number of nitrogens with zero attached hydrogens (tertiary/aromatic N) is 2.